The number of anilines is 2. The summed E-state index contributed by atoms with van der Waals surface area (Å²) in [7, 11) is 0. The van der Waals surface area contributed by atoms with E-state index in [1.165, 1.54) is 12.3 Å². The van der Waals surface area contributed by atoms with Gasteiger partial charge in [-0.3, -0.25) is 0 Å². The monoisotopic (exact) mass is 253 g/mol. The lowest BCUT2D eigenvalue weighted by Crippen LogP contribution is -2.35. The minimum absolute atomic E-state index is 0.101. The molecule has 1 aromatic rings. The smallest absolute Gasteiger partial charge is 0.396 e. The molecule has 0 aliphatic heterocycles. The van der Waals surface area contributed by atoms with Crippen LogP contribution in [-0.4, -0.2) is 24.2 Å². The molecule has 0 unspecified atom stereocenters. The molecular weight excluding hydrogens is 243 g/mol. The lowest BCUT2D eigenvalue weighted by molar-refractivity contribution is -0.119. The fourth-order valence-electron chi connectivity index (χ4n) is 1.26. The summed E-state index contributed by atoms with van der Waals surface area (Å²) in [6, 6.07) is 1.38. The maximum atomic E-state index is 12.3. The number of rotatable bonds is 3. The van der Waals surface area contributed by atoms with Crippen LogP contribution in [0.5, 0.6) is 0 Å². The van der Waals surface area contributed by atoms with Gasteiger partial charge in [-0.15, -0.1) is 0 Å². The van der Waals surface area contributed by atoms with E-state index in [2.05, 4.69) is 4.98 Å². The fraction of sp³-hybridized carbons (Fsp3) is 0.444. The first-order valence-corrected chi connectivity index (χ1v) is 4.94. The van der Waals surface area contributed by atoms with Gasteiger partial charge in [0, 0.05) is 12.7 Å². The van der Waals surface area contributed by atoms with Crippen molar-refractivity contribution in [2.45, 2.75) is 13.1 Å². The van der Waals surface area contributed by atoms with Gasteiger partial charge in [-0.1, -0.05) is 11.6 Å². The van der Waals surface area contributed by atoms with Gasteiger partial charge in [-0.25, -0.2) is 4.98 Å². The molecule has 0 atom stereocenters. The summed E-state index contributed by atoms with van der Waals surface area (Å²) in [6.07, 6.45) is -3.02. The zero-order valence-corrected chi connectivity index (χ0v) is 9.31. The summed E-state index contributed by atoms with van der Waals surface area (Å²) in [4.78, 5) is 4.85. The van der Waals surface area contributed by atoms with Crippen molar-refractivity contribution in [2.24, 2.45) is 0 Å². The summed E-state index contributed by atoms with van der Waals surface area (Å²) < 4.78 is 36.8. The highest BCUT2D eigenvalue weighted by Gasteiger charge is 2.31. The molecule has 3 nitrogen and oxygen atoms in total. The second kappa shape index (κ2) is 4.78. The van der Waals surface area contributed by atoms with Crippen molar-refractivity contribution in [1.82, 2.24) is 4.98 Å². The van der Waals surface area contributed by atoms with Gasteiger partial charge in [0.25, 0.3) is 0 Å². The predicted molar refractivity (Wildman–Crippen MR) is 57.6 cm³/mol. The molecule has 0 saturated carbocycles. The second-order valence-electron chi connectivity index (χ2n) is 3.20. The van der Waals surface area contributed by atoms with Gasteiger partial charge in [0.05, 0.1) is 10.7 Å². The van der Waals surface area contributed by atoms with Crippen molar-refractivity contribution in [3.8, 4) is 0 Å². The molecule has 0 bridgehead atoms. The number of hydrogen-bond acceptors (Lipinski definition) is 3. The standard InChI is InChI=1S/C9H11ClF3N3/c1-2-16(5-9(11,12)13)8-7(14)3-6(10)4-15-8/h3-4H,2,5,14H2,1H3. The molecule has 2 N–H and O–H groups in total. The first-order chi connectivity index (χ1) is 7.33. The van der Waals surface area contributed by atoms with E-state index in [1.54, 1.807) is 6.92 Å². The van der Waals surface area contributed by atoms with Crippen LogP contribution in [0.1, 0.15) is 6.92 Å². The molecule has 0 amide bonds. The molecule has 7 heteroatoms. The number of aromatic nitrogens is 1. The summed E-state index contributed by atoms with van der Waals surface area (Å²) in [5.41, 5.74) is 5.70. The largest absolute Gasteiger partial charge is 0.405 e. The van der Waals surface area contributed by atoms with Crippen molar-refractivity contribution in [3.05, 3.63) is 17.3 Å². The van der Waals surface area contributed by atoms with E-state index in [0.29, 0.717) is 5.02 Å². The maximum Gasteiger partial charge on any atom is 0.405 e. The SMILES string of the molecule is CCN(CC(F)(F)F)c1ncc(Cl)cc1N. The number of halogens is 4. The Hall–Kier alpha value is -1.17. The lowest BCUT2D eigenvalue weighted by atomic mass is 10.3. The highest BCUT2D eigenvalue weighted by Crippen LogP contribution is 2.26. The van der Waals surface area contributed by atoms with Crippen LogP contribution in [0.25, 0.3) is 0 Å². The highest BCUT2D eigenvalue weighted by molar-refractivity contribution is 6.30. The minimum atomic E-state index is -4.29. The highest BCUT2D eigenvalue weighted by atomic mass is 35.5. The fourth-order valence-corrected chi connectivity index (χ4v) is 1.43. The zero-order valence-electron chi connectivity index (χ0n) is 8.55. The van der Waals surface area contributed by atoms with Crippen LogP contribution in [0.3, 0.4) is 0 Å². The van der Waals surface area contributed by atoms with Crippen LogP contribution < -0.4 is 10.6 Å². The number of nitrogens with zero attached hydrogens (tertiary/aromatic N) is 2. The van der Waals surface area contributed by atoms with E-state index < -0.39 is 12.7 Å². The number of nitrogens with two attached hydrogens (primary N) is 1. The lowest BCUT2D eigenvalue weighted by Gasteiger charge is -2.24. The first kappa shape index (κ1) is 12.9. The average molecular weight is 254 g/mol. The van der Waals surface area contributed by atoms with Crippen LogP contribution >= 0.6 is 11.6 Å². The molecule has 16 heavy (non-hydrogen) atoms. The summed E-state index contributed by atoms with van der Waals surface area (Å²) in [5.74, 6) is 0.101. The third kappa shape index (κ3) is 3.44. The van der Waals surface area contributed by atoms with Crippen molar-refractivity contribution < 1.29 is 13.2 Å². The van der Waals surface area contributed by atoms with Crippen LogP contribution in [0.15, 0.2) is 12.3 Å². The zero-order chi connectivity index (χ0) is 12.3. The Bertz CT molecular complexity index is 368. The van der Waals surface area contributed by atoms with Crippen molar-refractivity contribution in [1.29, 1.82) is 0 Å². The minimum Gasteiger partial charge on any atom is -0.396 e. The first-order valence-electron chi connectivity index (χ1n) is 4.56. The predicted octanol–water partition coefficient (Wildman–Crippen LogP) is 2.71. The van der Waals surface area contributed by atoms with Crippen molar-refractivity contribution >= 4 is 23.1 Å². The Morgan fingerprint density at radius 2 is 2.12 bits per heavy atom. The van der Waals surface area contributed by atoms with Crippen molar-refractivity contribution in [2.75, 3.05) is 23.7 Å². The molecule has 90 valence electrons. The third-order valence-corrected chi connectivity index (χ3v) is 2.12. The van der Waals surface area contributed by atoms with Crippen molar-refractivity contribution in [3.63, 3.8) is 0 Å². The molecule has 0 spiro atoms. The number of pyridine rings is 1. The Balaban J connectivity index is 2.95. The maximum absolute atomic E-state index is 12.3. The van der Waals surface area contributed by atoms with E-state index in [4.69, 9.17) is 17.3 Å². The van der Waals surface area contributed by atoms with Crippen LogP contribution in [0, 0.1) is 0 Å². The Kier molecular flexibility index (Phi) is 3.85. The molecule has 0 fully saturated rings. The summed E-state index contributed by atoms with van der Waals surface area (Å²) in [6.45, 7) is 0.683. The second-order valence-corrected chi connectivity index (χ2v) is 3.63. The normalized spacial score (nSPS) is 11.6. The van der Waals surface area contributed by atoms with E-state index in [0.717, 1.165) is 4.90 Å². The molecular formula is C9H11ClF3N3. The quantitative estimate of drug-likeness (QED) is 0.901. The molecule has 0 aliphatic rings. The van der Waals surface area contributed by atoms with E-state index in [-0.39, 0.29) is 18.1 Å². The molecule has 1 heterocycles. The van der Waals surface area contributed by atoms with Gasteiger partial charge >= 0.3 is 6.18 Å². The van der Waals surface area contributed by atoms with Gasteiger partial charge in [0.2, 0.25) is 0 Å². The van der Waals surface area contributed by atoms with Gasteiger partial charge in [-0.05, 0) is 13.0 Å². The van der Waals surface area contributed by atoms with Crippen LogP contribution in [-0.2, 0) is 0 Å². The molecule has 0 aliphatic carbocycles. The van der Waals surface area contributed by atoms with Crippen LogP contribution in [0.2, 0.25) is 5.02 Å². The number of nitrogen functional groups attached to an aromatic ring is 1. The Morgan fingerprint density at radius 3 is 2.56 bits per heavy atom. The van der Waals surface area contributed by atoms with Gasteiger partial charge in [0.1, 0.15) is 6.54 Å². The molecule has 1 rings (SSSR count). The van der Waals surface area contributed by atoms with Gasteiger partial charge < -0.3 is 10.6 Å². The summed E-state index contributed by atoms with van der Waals surface area (Å²) >= 11 is 5.61. The molecule has 0 saturated heterocycles. The molecule has 0 radical (unpaired) electrons. The van der Waals surface area contributed by atoms with E-state index >= 15 is 0 Å². The summed E-state index contributed by atoms with van der Waals surface area (Å²) in [5, 5.41) is 0.296. The molecule has 1 aromatic heterocycles. The number of hydrogen-bond donors (Lipinski definition) is 1. The van der Waals surface area contributed by atoms with E-state index in [9.17, 15) is 13.2 Å². The Labute approximate surface area is 96.0 Å². The average Bonchev–Trinajstić information content (AvgIpc) is 2.13. The molecule has 0 aromatic carbocycles. The van der Waals surface area contributed by atoms with Crippen LogP contribution in [0.4, 0.5) is 24.7 Å². The third-order valence-electron chi connectivity index (χ3n) is 1.91. The number of alkyl halides is 3. The van der Waals surface area contributed by atoms with E-state index in [1.807, 2.05) is 0 Å². The van der Waals surface area contributed by atoms with Gasteiger partial charge in [0.15, 0.2) is 5.82 Å². The van der Waals surface area contributed by atoms with Gasteiger partial charge in [-0.2, -0.15) is 13.2 Å². The topological polar surface area (TPSA) is 42.2 Å². The Morgan fingerprint density at radius 1 is 1.50 bits per heavy atom.